The average molecular weight is 281 g/mol. The highest BCUT2D eigenvalue weighted by molar-refractivity contribution is 6.31. The second kappa shape index (κ2) is 5.05. The number of nitrogens with one attached hydrogen (secondary N) is 1. The van der Waals surface area contributed by atoms with E-state index in [4.69, 9.17) is 5.11 Å². The topological polar surface area (TPSA) is 66.4 Å². The van der Waals surface area contributed by atoms with Crippen LogP contribution in [0, 0.1) is 0 Å². The molecule has 4 heteroatoms. The van der Waals surface area contributed by atoms with E-state index in [9.17, 15) is 9.59 Å². The fourth-order valence-corrected chi connectivity index (χ4v) is 2.70. The fraction of sp³-hybridized carbons (Fsp3) is 0.176. The first-order chi connectivity index (χ1) is 10.1. The van der Waals surface area contributed by atoms with Crippen molar-refractivity contribution in [1.29, 1.82) is 0 Å². The molecule has 2 aliphatic rings. The number of benzene rings is 1. The number of hydrogen-bond acceptors (Lipinski definition) is 2. The molecule has 1 aromatic carbocycles. The van der Waals surface area contributed by atoms with Gasteiger partial charge < -0.3 is 10.4 Å². The third kappa shape index (κ3) is 2.40. The Bertz CT molecular complexity index is 738. The smallest absolute Gasteiger partial charge is 0.331 e. The molecule has 0 aromatic heterocycles. The number of allylic oxidation sites excluding steroid dienone is 4. The summed E-state index contributed by atoms with van der Waals surface area (Å²) in [6.07, 6.45) is 4.71. The Balaban J connectivity index is 2.02. The highest BCUT2D eigenvalue weighted by atomic mass is 16.4. The minimum Gasteiger partial charge on any atom is -0.478 e. The Morgan fingerprint density at radius 2 is 2.05 bits per heavy atom. The van der Waals surface area contributed by atoms with Gasteiger partial charge in [-0.05, 0) is 49.1 Å². The third-order valence-electron chi connectivity index (χ3n) is 3.86. The van der Waals surface area contributed by atoms with Gasteiger partial charge in [0, 0.05) is 22.4 Å². The minimum absolute atomic E-state index is 0.107. The van der Waals surface area contributed by atoms with E-state index in [0.717, 1.165) is 22.4 Å². The molecule has 3 rings (SSSR count). The number of anilines is 1. The van der Waals surface area contributed by atoms with Crippen LogP contribution in [0.2, 0.25) is 0 Å². The molecule has 0 saturated carbocycles. The molecule has 106 valence electrons. The Morgan fingerprint density at radius 3 is 2.76 bits per heavy atom. The van der Waals surface area contributed by atoms with Crippen molar-refractivity contribution in [2.24, 2.45) is 0 Å². The maximum Gasteiger partial charge on any atom is 0.331 e. The number of aliphatic carboxylic acids is 1. The van der Waals surface area contributed by atoms with Crippen molar-refractivity contribution < 1.29 is 14.7 Å². The maximum atomic E-state index is 12.1. The van der Waals surface area contributed by atoms with Gasteiger partial charge in [0.1, 0.15) is 0 Å². The van der Waals surface area contributed by atoms with E-state index in [1.165, 1.54) is 0 Å². The summed E-state index contributed by atoms with van der Waals surface area (Å²) < 4.78 is 0. The van der Waals surface area contributed by atoms with Crippen molar-refractivity contribution in [2.75, 3.05) is 5.32 Å². The van der Waals surface area contributed by atoms with E-state index in [2.05, 4.69) is 5.32 Å². The maximum absolute atomic E-state index is 12.1. The summed E-state index contributed by atoms with van der Waals surface area (Å²) in [6.45, 7) is 1.88. The molecule has 1 amide bonds. The zero-order valence-electron chi connectivity index (χ0n) is 11.6. The average Bonchev–Trinajstić information content (AvgIpc) is 2.77. The molecule has 0 bridgehead atoms. The van der Waals surface area contributed by atoms with Crippen molar-refractivity contribution in [1.82, 2.24) is 0 Å². The zero-order chi connectivity index (χ0) is 15.0. The fourth-order valence-electron chi connectivity index (χ4n) is 2.70. The van der Waals surface area contributed by atoms with Crippen LogP contribution in [-0.4, -0.2) is 17.0 Å². The van der Waals surface area contributed by atoms with Gasteiger partial charge in [0.2, 0.25) is 0 Å². The monoisotopic (exact) mass is 281 g/mol. The van der Waals surface area contributed by atoms with Crippen LogP contribution >= 0.6 is 0 Å². The van der Waals surface area contributed by atoms with Crippen LogP contribution in [0.4, 0.5) is 5.69 Å². The number of carboxylic acids is 1. The SMILES string of the molecule is CC1=C(/C=C2\C(=O)Nc3ccccc32)CCC(C(=O)O)=C1. The summed E-state index contributed by atoms with van der Waals surface area (Å²) in [5.74, 6) is -0.977. The van der Waals surface area contributed by atoms with Gasteiger partial charge >= 0.3 is 5.97 Å². The first-order valence-corrected chi connectivity index (χ1v) is 6.82. The van der Waals surface area contributed by atoms with E-state index in [0.29, 0.717) is 24.0 Å². The molecule has 0 unspecified atom stereocenters. The van der Waals surface area contributed by atoms with E-state index in [-0.39, 0.29) is 5.91 Å². The zero-order valence-corrected chi connectivity index (χ0v) is 11.6. The molecule has 1 aliphatic heterocycles. The standard InChI is InChI=1S/C17H15NO3/c1-10-8-12(17(20)21)7-6-11(10)9-14-13-4-2-3-5-15(13)18-16(14)19/h2-5,8-9H,6-7H2,1H3,(H,18,19)(H,20,21)/b14-9-. The van der Waals surface area contributed by atoms with Crippen LogP contribution < -0.4 is 5.32 Å². The van der Waals surface area contributed by atoms with Crippen LogP contribution in [0.15, 0.2) is 53.1 Å². The molecule has 0 spiro atoms. The van der Waals surface area contributed by atoms with Gasteiger partial charge in [-0.2, -0.15) is 0 Å². The number of rotatable bonds is 2. The highest BCUT2D eigenvalue weighted by Gasteiger charge is 2.24. The van der Waals surface area contributed by atoms with Crippen LogP contribution in [-0.2, 0) is 9.59 Å². The van der Waals surface area contributed by atoms with E-state index < -0.39 is 5.97 Å². The molecular weight excluding hydrogens is 266 g/mol. The number of amides is 1. The number of hydrogen-bond donors (Lipinski definition) is 2. The second-order valence-corrected chi connectivity index (χ2v) is 5.24. The van der Waals surface area contributed by atoms with Crippen molar-refractivity contribution in [3.63, 3.8) is 0 Å². The van der Waals surface area contributed by atoms with Gasteiger partial charge in [-0.3, -0.25) is 4.79 Å². The van der Waals surface area contributed by atoms with Crippen molar-refractivity contribution >= 4 is 23.1 Å². The minimum atomic E-state index is -0.870. The lowest BCUT2D eigenvalue weighted by molar-refractivity contribution is -0.132. The predicted molar refractivity (Wildman–Crippen MR) is 80.7 cm³/mol. The molecule has 0 atom stereocenters. The lowest BCUT2D eigenvalue weighted by Gasteiger charge is -2.14. The number of carbonyl (C=O) groups excluding carboxylic acids is 1. The van der Waals surface area contributed by atoms with E-state index in [1.807, 2.05) is 37.3 Å². The molecule has 21 heavy (non-hydrogen) atoms. The first kappa shape index (κ1) is 13.4. The molecule has 0 fully saturated rings. The lowest BCUT2D eigenvalue weighted by Crippen LogP contribution is -2.07. The Hall–Kier alpha value is -2.62. The quantitative estimate of drug-likeness (QED) is 0.818. The van der Waals surface area contributed by atoms with Gasteiger partial charge in [-0.15, -0.1) is 0 Å². The Labute approximate surface area is 122 Å². The molecule has 0 saturated heterocycles. The summed E-state index contributed by atoms with van der Waals surface area (Å²) >= 11 is 0. The molecule has 1 heterocycles. The molecule has 0 radical (unpaired) electrons. The number of para-hydroxylation sites is 1. The van der Waals surface area contributed by atoms with Crippen LogP contribution in [0.5, 0.6) is 0 Å². The number of carbonyl (C=O) groups is 2. The van der Waals surface area contributed by atoms with Gasteiger partial charge in [0.05, 0.1) is 0 Å². The van der Waals surface area contributed by atoms with E-state index in [1.54, 1.807) is 6.08 Å². The largest absolute Gasteiger partial charge is 0.478 e. The van der Waals surface area contributed by atoms with Gasteiger partial charge in [0.25, 0.3) is 5.91 Å². The van der Waals surface area contributed by atoms with Crippen LogP contribution in [0.1, 0.15) is 25.3 Å². The molecule has 2 N–H and O–H groups in total. The normalized spacial score (nSPS) is 19.4. The molecule has 4 nitrogen and oxygen atoms in total. The Kier molecular flexibility index (Phi) is 3.22. The molecule has 1 aliphatic carbocycles. The summed E-state index contributed by atoms with van der Waals surface area (Å²) in [7, 11) is 0. The van der Waals surface area contributed by atoms with Crippen molar-refractivity contribution in [3.05, 3.63) is 58.7 Å². The first-order valence-electron chi connectivity index (χ1n) is 6.82. The summed E-state index contributed by atoms with van der Waals surface area (Å²) in [4.78, 5) is 23.1. The van der Waals surface area contributed by atoms with Crippen LogP contribution in [0.25, 0.3) is 5.57 Å². The summed E-state index contributed by atoms with van der Waals surface area (Å²) in [5.41, 5.74) is 4.71. The van der Waals surface area contributed by atoms with Crippen molar-refractivity contribution in [3.8, 4) is 0 Å². The molecular formula is C17H15NO3. The third-order valence-corrected chi connectivity index (χ3v) is 3.86. The highest BCUT2D eigenvalue weighted by Crippen LogP contribution is 2.34. The summed E-state index contributed by atoms with van der Waals surface area (Å²) in [6, 6.07) is 7.57. The number of fused-ring (bicyclic) bond motifs is 1. The Morgan fingerprint density at radius 1 is 1.29 bits per heavy atom. The van der Waals surface area contributed by atoms with E-state index >= 15 is 0 Å². The number of carboxylic acid groups (broad SMARTS) is 1. The second-order valence-electron chi connectivity index (χ2n) is 5.24. The van der Waals surface area contributed by atoms with Gasteiger partial charge in [-0.1, -0.05) is 18.2 Å². The van der Waals surface area contributed by atoms with Crippen LogP contribution in [0.3, 0.4) is 0 Å². The predicted octanol–water partition coefficient (Wildman–Crippen LogP) is 3.14. The van der Waals surface area contributed by atoms with Crippen molar-refractivity contribution in [2.45, 2.75) is 19.8 Å². The van der Waals surface area contributed by atoms with Gasteiger partial charge in [-0.25, -0.2) is 4.79 Å². The van der Waals surface area contributed by atoms with Gasteiger partial charge in [0.15, 0.2) is 0 Å². The summed E-state index contributed by atoms with van der Waals surface area (Å²) in [5, 5.41) is 11.9. The lowest BCUT2D eigenvalue weighted by atomic mass is 9.91. The molecule has 1 aromatic rings.